The van der Waals surface area contributed by atoms with Gasteiger partial charge in [0, 0.05) is 0 Å². The number of anilines is 1. The van der Waals surface area contributed by atoms with Crippen LogP contribution in [0.15, 0.2) is 0 Å². The van der Waals surface area contributed by atoms with E-state index in [2.05, 4.69) is 14.5 Å². The van der Waals surface area contributed by atoms with Crippen LogP contribution in [-0.2, 0) is 0 Å². The zero-order valence-corrected chi connectivity index (χ0v) is 6.97. The first-order chi connectivity index (χ1) is 5.04. The lowest BCUT2D eigenvalue weighted by Crippen LogP contribution is -1.93. The summed E-state index contributed by atoms with van der Waals surface area (Å²) in [6.45, 7) is 1.58. The zero-order valence-electron chi connectivity index (χ0n) is 5.81. The van der Waals surface area contributed by atoms with Crippen LogP contribution in [0.25, 0.3) is 0 Å². The Balaban J connectivity index is 3.34. The number of hydrogen-bond donors (Lipinski definition) is 1. The average Bonchev–Trinajstić information content (AvgIpc) is 2.07. The Morgan fingerprint density at radius 2 is 2.36 bits per heavy atom. The number of aromatic nitrogens is 2. The molecule has 2 N–H and O–H groups in total. The molecule has 0 fully saturated rings. The van der Waals surface area contributed by atoms with E-state index >= 15 is 0 Å². The monoisotopic (exact) mass is 174 g/mol. The number of hydrogen-bond acceptors (Lipinski definition) is 4. The summed E-state index contributed by atoms with van der Waals surface area (Å²) in [6, 6.07) is 0. The fraction of sp³-hybridized carbons (Fsp3) is 0.250. The highest BCUT2D eigenvalue weighted by Crippen LogP contribution is 2.25. The van der Waals surface area contributed by atoms with E-state index in [1.165, 1.54) is 4.45 Å². The largest absolute Gasteiger partial charge is 0.376 e. The first-order valence-corrected chi connectivity index (χ1v) is 3.30. The molecule has 0 aromatic carbocycles. The summed E-state index contributed by atoms with van der Waals surface area (Å²) in [7, 11) is 2.21. The van der Waals surface area contributed by atoms with Crippen LogP contribution in [0.1, 0.15) is 5.69 Å². The van der Waals surface area contributed by atoms with Crippen molar-refractivity contribution in [3.8, 4) is 0 Å². The Kier molecular flexibility index (Phi) is 1.78. The highest BCUT2D eigenvalue weighted by molar-refractivity contribution is 7.14. The molecular weight excluding hydrogens is 167 g/mol. The smallest absolute Gasteiger partial charge is 0.333 e. The molecule has 0 bridgehead atoms. The van der Waals surface area contributed by atoms with Gasteiger partial charge in [0.2, 0.25) is 5.82 Å². The van der Waals surface area contributed by atoms with E-state index in [4.69, 9.17) is 5.73 Å². The molecule has 60 valence electrons. The van der Waals surface area contributed by atoms with Gasteiger partial charge in [-0.05, 0) is 16.3 Å². The standard InChI is InChI=1S/C4H7N4O2P/c1-2-3(8(9)10)4(5)6-7(2)11/h11H2,1H3,(H2,5,6). The van der Waals surface area contributed by atoms with Crippen molar-refractivity contribution in [3.05, 3.63) is 15.8 Å². The fourth-order valence-electron chi connectivity index (χ4n) is 0.758. The van der Waals surface area contributed by atoms with Crippen molar-refractivity contribution in [3.63, 3.8) is 0 Å². The summed E-state index contributed by atoms with van der Waals surface area (Å²) in [5, 5.41) is 14.0. The van der Waals surface area contributed by atoms with Crippen LogP contribution < -0.4 is 5.73 Å². The van der Waals surface area contributed by atoms with E-state index < -0.39 is 4.92 Å². The summed E-state index contributed by atoms with van der Waals surface area (Å²) in [5.41, 5.74) is 5.56. The van der Waals surface area contributed by atoms with Crippen molar-refractivity contribution in [2.45, 2.75) is 6.92 Å². The maximum Gasteiger partial charge on any atom is 0.333 e. The molecule has 0 amide bonds. The molecule has 7 heteroatoms. The van der Waals surface area contributed by atoms with E-state index in [0.717, 1.165) is 0 Å². The molecule has 1 aromatic rings. The maximum absolute atomic E-state index is 10.3. The number of nitrogens with zero attached hydrogens (tertiary/aromatic N) is 3. The second-order valence-electron chi connectivity index (χ2n) is 2.02. The number of rotatable bonds is 1. The maximum atomic E-state index is 10.3. The molecule has 1 aromatic heterocycles. The van der Waals surface area contributed by atoms with Crippen LogP contribution >= 0.6 is 9.39 Å². The van der Waals surface area contributed by atoms with Gasteiger partial charge in [-0.15, -0.1) is 5.10 Å². The molecule has 1 atom stereocenters. The van der Waals surface area contributed by atoms with E-state index in [-0.39, 0.29) is 11.5 Å². The van der Waals surface area contributed by atoms with Crippen molar-refractivity contribution in [2.24, 2.45) is 0 Å². The van der Waals surface area contributed by atoms with Crippen molar-refractivity contribution in [1.82, 2.24) is 9.55 Å². The molecule has 0 spiro atoms. The van der Waals surface area contributed by atoms with Gasteiger partial charge in [0.15, 0.2) is 0 Å². The van der Waals surface area contributed by atoms with Gasteiger partial charge >= 0.3 is 5.69 Å². The second kappa shape index (κ2) is 2.47. The highest BCUT2D eigenvalue weighted by atomic mass is 31.0. The minimum Gasteiger partial charge on any atom is -0.376 e. The molecule has 11 heavy (non-hydrogen) atoms. The topological polar surface area (TPSA) is 87.0 Å². The van der Waals surface area contributed by atoms with Gasteiger partial charge in [-0.25, -0.2) is 4.45 Å². The van der Waals surface area contributed by atoms with Crippen LogP contribution in [0.2, 0.25) is 0 Å². The summed E-state index contributed by atoms with van der Waals surface area (Å²) >= 11 is 0. The predicted molar refractivity (Wildman–Crippen MR) is 43.1 cm³/mol. The lowest BCUT2D eigenvalue weighted by Gasteiger charge is -1.89. The van der Waals surface area contributed by atoms with Crippen molar-refractivity contribution in [2.75, 3.05) is 5.73 Å². The van der Waals surface area contributed by atoms with Crippen LogP contribution in [0.5, 0.6) is 0 Å². The van der Waals surface area contributed by atoms with Gasteiger partial charge in [0.1, 0.15) is 5.69 Å². The van der Waals surface area contributed by atoms with Gasteiger partial charge in [-0.1, -0.05) is 0 Å². The molecule has 0 saturated heterocycles. The molecule has 0 saturated carbocycles. The van der Waals surface area contributed by atoms with Crippen molar-refractivity contribution >= 4 is 20.9 Å². The van der Waals surface area contributed by atoms with Crippen molar-refractivity contribution < 1.29 is 4.92 Å². The summed E-state index contributed by atoms with van der Waals surface area (Å²) in [6.07, 6.45) is 0. The Hall–Kier alpha value is -1.16. The summed E-state index contributed by atoms with van der Waals surface area (Å²) in [5.74, 6) is -0.0532. The molecule has 0 aliphatic heterocycles. The van der Waals surface area contributed by atoms with Crippen molar-refractivity contribution in [1.29, 1.82) is 0 Å². The third kappa shape index (κ3) is 1.17. The second-order valence-corrected chi connectivity index (χ2v) is 2.51. The zero-order chi connectivity index (χ0) is 8.59. The van der Waals surface area contributed by atoms with E-state index in [1.807, 2.05) is 0 Å². The van der Waals surface area contributed by atoms with Gasteiger partial charge < -0.3 is 5.73 Å². The lowest BCUT2D eigenvalue weighted by molar-refractivity contribution is -0.384. The van der Waals surface area contributed by atoms with Gasteiger partial charge in [0.05, 0.1) is 4.92 Å². The molecule has 1 rings (SSSR count). The molecular formula is C4H7N4O2P. The van der Waals surface area contributed by atoms with E-state index in [9.17, 15) is 10.1 Å². The quantitative estimate of drug-likeness (QED) is 0.377. The van der Waals surface area contributed by atoms with Crippen LogP contribution in [0.3, 0.4) is 0 Å². The minimum absolute atomic E-state index is 0.0532. The summed E-state index contributed by atoms with van der Waals surface area (Å²) < 4.78 is 1.30. The SMILES string of the molecule is Cc1c([N+](=O)[O-])c(N)nn1P. The Labute approximate surface area is 64.8 Å². The Bertz CT molecular complexity index is 307. The third-order valence-electron chi connectivity index (χ3n) is 1.33. The first kappa shape index (κ1) is 7.94. The summed E-state index contributed by atoms with van der Waals surface area (Å²) in [4.78, 5) is 9.78. The van der Waals surface area contributed by atoms with Gasteiger partial charge in [0.25, 0.3) is 0 Å². The van der Waals surface area contributed by atoms with Crippen LogP contribution in [0.4, 0.5) is 11.5 Å². The van der Waals surface area contributed by atoms with Crippen LogP contribution in [-0.4, -0.2) is 14.5 Å². The normalized spacial score (nSPS) is 10.0. The molecule has 0 radical (unpaired) electrons. The first-order valence-electron chi connectivity index (χ1n) is 2.78. The number of nitrogen functional groups attached to an aromatic ring is 1. The number of nitro groups is 1. The molecule has 1 unspecified atom stereocenters. The molecule has 0 aliphatic carbocycles. The Morgan fingerprint density at radius 3 is 2.55 bits per heavy atom. The Morgan fingerprint density at radius 1 is 1.82 bits per heavy atom. The average molecular weight is 174 g/mol. The van der Waals surface area contributed by atoms with Gasteiger partial charge in [-0.3, -0.25) is 10.1 Å². The highest BCUT2D eigenvalue weighted by Gasteiger charge is 2.20. The van der Waals surface area contributed by atoms with Gasteiger partial charge in [-0.2, -0.15) is 0 Å². The number of nitrogens with two attached hydrogens (primary N) is 1. The lowest BCUT2D eigenvalue weighted by atomic mass is 10.4. The molecule has 6 nitrogen and oxygen atoms in total. The third-order valence-corrected chi connectivity index (χ3v) is 1.83. The minimum atomic E-state index is -0.543. The molecule has 1 heterocycles. The van der Waals surface area contributed by atoms with E-state index in [0.29, 0.717) is 5.69 Å². The van der Waals surface area contributed by atoms with E-state index in [1.54, 1.807) is 6.92 Å². The van der Waals surface area contributed by atoms with Crippen LogP contribution in [0, 0.1) is 17.0 Å². The fourth-order valence-corrected chi connectivity index (χ4v) is 1.00. The molecule has 0 aliphatic rings. The predicted octanol–water partition coefficient (Wildman–Crippen LogP) is 0.320.